The van der Waals surface area contributed by atoms with Crippen LogP contribution in [-0.2, 0) is 17.3 Å². The molecule has 0 bridgehead atoms. The Morgan fingerprint density at radius 3 is 2.48 bits per heavy atom. The van der Waals surface area contributed by atoms with Crippen LogP contribution in [0.1, 0.15) is 5.56 Å². The minimum atomic E-state index is -1.23. The zero-order chi connectivity index (χ0) is 15.1. The van der Waals surface area contributed by atoms with E-state index in [1.807, 2.05) is 42.5 Å². The SMILES string of the molecule is NCc1ccccc1OCC(O)CS(=O)c1ccccc1. The average molecular weight is 305 g/mol. The third kappa shape index (κ3) is 4.67. The highest BCUT2D eigenvalue weighted by Crippen LogP contribution is 2.17. The molecule has 2 rings (SSSR count). The summed E-state index contributed by atoms with van der Waals surface area (Å²) in [6.07, 6.45) is -0.795. The van der Waals surface area contributed by atoms with Crippen molar-refractivity contribution < 1.29 is 14.1 Å². The van der Waals surface area contributed by atoms with E-state index < -0.39 is 16.9 Å². The lowest BCUT2D eigenvalue weighted by Crippen LogP contribution is -2.24. The Bertz CT molecular complexity index is 589. The molecule has 4 nitrogen and oxygen atoms in total. The van der Waals surface area contributed by atoms with Crippen molar-refractivity contribution in [2.45, 2.75) is 17.5 Å². The number of aliphatic hydroxyl groups is 1. The molecule has 21 heavy (non-hydrogen) atoms. The predicted molar refractivity (Wildman–Crippen MR) is 83.6 cm³/mol. The van der Waals surface area contributed by atoms with Gasteiger partial charge in [0, 0.05) is 17.0 Å². The number of benzene rings is 2. The average Bonchev–Trinajstić information content (AvgIpc) is 2.54. The molecule has 0 aliphatic rings. The molecule has 0 amide bonds. The van der Waals surface area contributed by atoms with Crippen molar-refractivity contribution in [2.75, 3.05) is 12.4 Å². The molecule has 3 N–H and O–H groups in total. The lowest BCUT2D eigenvalue weighted by atomic mass is 10.2. The number of rotatable bonds is 7. The van der Waals surface area contributed by atoms with E-state index in [0.29, 0.717) is 17.2 Å². The van der Waals surface area contributed by atoms with E-state index in [4.69, 9.17) is 10.5 Å². The van der Waals surface area contributed by atoms with E-state index in [2.05, 4.69) is 0 Å². The lowest BCUT2D eigenvalue weighted by molar-refractivity contribution is 0.125. The van der Waals surface area contributed by atoms with Crippen molar-refractivity contribution in [3.63, 3.8) is 0 Å². The number of ether oxygens (including phenoxy) is 1. The third-order valence-corrected chi connectivity index (χ3v) is 4.46. The normalized spacial score (nSPS) is 13.6. The zero-order valence-corrected chi connectivity index (χ0v) is 12.5. The molecule has 0 aromatic heterocycles. The standard InChI is InChI=1S/C16H19NO3S/c17-10-13-6-4-5-9-16(13)20-11-14(18)12-21(19)15-7-2-1-3-8-15/h1-9,14,18H,10-12,17H2. The molecule has 0 spiro atoms. The molecule has 0 heterocycles. The van der Waals surface area contributed by atoms with Crippen LogP contribution in [0.15, 0.2) is 59.5 Å². The molecular formula is C16H19NO3S. The van der Waals surface area contributed by atoms with Crippen LogP contribution >= 0.6 is 0 Å². The minimum Gasteiger partial charge on any atom is -0.491 e. The van der Waals surface area contributed by atoms with Gasteiger partial charge in [-0.1, -0.05) is 36.4 Å². The number of hydrogen-bond acceptors (Lipinski definition) is 4. The van der Waals surface area contributed by atoms with Gasteiger partial charge >= 0.3 is 0 Å². The van der Waals surface area contributed by atoms with Gasteiger partial charge in [-0.15, -0.1) is 0 Å². The quantitative estimate of drug-likeness (QED) is 0.816. The van der Waals surface area contributed by atoms with Crippen molar-refractivity contribution in [3.05, 3.63) is 60.2 Å². The van der Waals surface area contributed by atoms with Gasteiger partial charge in [-0.2, -0.15) is 0 Å². The van der Waals surface area contributed by atoms with Gasteiger partial charge in [0.25, 0.3) is 0 Å². The Hall–Kier alpha value is -1.69. The number of hydrogen-bond donors (Lipinski definition) is 2. The van der Waals surface area contributed by atoms with Gasteiger partial charge in [0.15, 0.2) is 0 Å². The van der Waals surface area contributed by atoms with Crippen LogP contribution in [-0.4, -0.2) is 27.8 Å². The summed E-state index contributed by atoms with van der Waals surface area (Å²) in [6.45, 7) is 0.470. The predicted octanol–water partition coefficient (Wildman–Crippen LogP) is 1.69. The maximum absolute atomic E-state index is 12.1. The van der Waals surface area contributed by atoms with E-state index in [1.54, 1.807) is 12.1 Å². The second-order valence-electron chi connectivity index (χ2n) is 4.60. The lowest BCUT2D eigenvalue weighted by Gasteiger charge is -2.14. The van der Waals surface area contributed by atoms with Gasteiger partial charge in [0.2, 0.25) is 0 Å². The maximum atomic E-state index is 12.1. The zero-order valence-electron chi connectivity index (χ0n) is 11.6. The van der Waals surface area contributed by atoms with Crippen LogP contribution in [0.5, 0.6) is 5.75 Å². The highest BCUT2D eigenvalue weighted by atomic mass is 32.2. The number of para-hydroxylation sites is 1. The molecule has 0 aliphatic carbocycles. The van der Waals surface area contributed by atoms with Gasteiger partial charge in [0.1, 0.15) is 12.4 Å². The fourth-order valence-electron chi connectivity index (χ4n) is 1.89. The van der Waals surface area contributed by atoms with Crippen LogP contribution in [0.3, 0.4) is 0 Å². The maximum Gasteiger partial charge on any atom is 0.123 e. The van der Waals surface area contributed by atoms with Crippen molar-refractivity contribution in [3.8, 4) is 5.75 Å². The Morgan fingerprint density at radius 1 is 1.10 bits per heavy atom. The van der Waals surface area contributed by atoms with Crippen molar-refractivity contribution in [1.82, 2.24) is 0 Å². The highest BCUT2D eigenvalue weighted by molar-refractivity contribution is 7.85. The summed E-state index contributed by atoms with van der Waals surface area (Å²) in [5, 5.41) is 9.96. The second kappa shape index (κ2) is 7.93. The molecule has 0 saturated heterocycles. The fourth-order valence-corrected chi connectivity index (χ4v) is 2.99. The fraction of sp³-hybridized carbons (Fsp3) is 0.250. The first-order valence-electron chi connectivity index (χ1n) is 6.73. The summed E-state index contributed by atoms with van der Waals surface area (Å²) in [4.78, 5) is 0.707. The van der Waals surface area contributed by atoms with Gasteiger partial charge in [-0.3, -0.25) is 4.21 Å². The van der Waals surface area contributed by atoms with Gasteiger partial charge in [-0.05, 0) is 18.2 Å². The summed E-state index contributed by atoms with van der Waals surface area (Å²) in [7, 11) is -1.23. The molecule has 112 valence electrons. The largest absolute Gasteiger partial charge is 0.491 e. The van der Waals surface area contributed by atoms with E-state index in [1.165, 1.54) is 0 Å². The first kappa shape index (κ1) is 15.7. The Balaban J connectivity index is 1.87. The molecule has 2 atom stereocenters. The van der Waals surface area contributed by atoms with E-state index in [-0.39, 0.29) is 12.4 Å². The Labute approximate surface area is 127 Å². The molecule has 2 aromatic rings. The van der Waals surface area contributed by atoms with Crippen LogP contribution in [0.4, 0.5) is 0 Å². The first-order chi connectivity index (χ1) is 10.2. The van der Waals surface area contributed by atoms with Crippen molar-refractivity contribution in [1.29, 1.82) is 0 Å². The van der Waals surface area contributed by atoms with Crippen LogP contribution < -0.4 is 10.5 Å². The Morgan fingerprint density at radius 2 is 1.76 bits per heavy atom. The summed E-state index contributed by atoms with van der Waals surface area (Å²) in [5.41, 5.74) is 6.51. The molecule has 0 saturated carbocycles. The molecule has 2 aromatic carbocycles. The number of aliphatic hydroxyl groups excluding tert-OH is 1. The first-order valence-corrected chi connectivity index (χ1v) is 8.05. The molecule has 0 aliphatic heterocycles. The van der Waals surface area contributed by atoms with E-state index in [9.17, 15) is 9.32 Å². The van der Waals surface area contributed by atoms with Crippen LogP contribution in [0, 0.1) is 0 Å². The summed E-state index contributed by atoms with van der Waals surface area (Å²) >= 11 is 0. The summed E-state index contributed by atoms with van der Waals surface area (Å²) < 4.78 is 17.6. The van der Waals surface area contributed by atoms with Crippen LogP contribution in [0.25, 0.3) is 0 Å². The summed E-state index contributed by atoms with van der Waals surface area (Å²) in [5.74, 6) is 0.805. The number of nitrogens with two attached hydrogens (primary N) is 1. The molecule has 5 heteroatoms. The highest BCUT2D eigenvalue weighted by Gasteiger charge is 2.12. The van der Waals surface area contributed by atoms with Crippen LogP contribution in [0.2, 0.25) is 0 Å². The van der Waals surface area contributed by atoms with Gasteiger partial charge in [-0.25, -0.2) is 0 Å². The van der Waals surface area contributed by atoms with Gasteiger partial charge < -0.3 is 15.6 Å². The minimum absolute atomic E-state index is 0.0928. The molecular weight excluding hydrogens is 286 g/mol. The molecule has 0 radical (unpaired) electrons. The molecule has 0 fully saturated rings. The second-order valence-corrected chi connectivity index (χ2v) is 6.10. The summed E-state index contributed by atoms with van der Waals surface area (Å²) in [6, 6.07) is 16.5. The van der Waals surface area contributed by atoms with Crippen molar-refractivity contribution >= 4 is 10.8 Å². The molecule has 2 unspecified atom stereocenters. The monoisotopic (exact) mass is 305 g/mol. The Kier molecular flexibility index (Phi) is 5.92. The third-order valence-electron chi connectivity index (χ3n) is 2.97. The van der Waals surface area contributed by atoms with E-state index in [0.717, 1.165) is 5.56 Å². The van der Waals surface area contributed by atoms with E-state index >= 15 is 0 Å². The smallest absolute Gasteiger partial charge is 0.123 e. The van der Waals surface area contributed by atoms with Crippen molar-refractivity contribution in [2.24, 2.45) is 5.73 Å². The van der Waals surface area contributed by atoms with Gasteiger partial charge in [0.05, 0.1) is 22.7 Å². The topological polar surface area (TPSA) is 72.6 Å².